The van der Waals surface area contributed by atoms with Gasteiger partial charge in [-0.25, -0.2) is 13.2 Å². The second kappa shape index (κ2) is 8.10. The van der Waals surface area contributed by atoms with E-state index in [0.29, 0.717) is 11.1 Å². The Labute approximate surface area is 132 Å². The van der Waals surface area contributed by atoms with Crippen LogP contribution >= 0.6 is 0 Å². The van der Waals surface area contributed by atoms with E-state index in [2.05, 4.69) is 5.32 Å². The number of benzene rings is 2. The predicted molar refractivity (Wildman–Crippen MR) is 82.2 cm³/mol. The Bertz CT molecular complexity index is 631. The standard InChI is InChI=1S/C17H19F3N2O/c18-13-5-11(6-14(19)8-13)7-16(21)17(23)10-22-9-12-3-1-2-4-15(12)20/h1-6,8,16-17,22-23H,7,9-10,21H2/t16-,17+/m0/s1. The van der Waals surface area contributed by atoms with Gasteiger partial charge in [-0.05, 0) is 30.2 Å². The minimum atomic E-state index is -0.923. The Kier molecular flexibility index (Phi) is 6.15. The summed E-state index contributed by atoms with van der Waals surface area (Å²) in [5.74, 6) is -1.69. The first kappa shape index (κ1) is 17.5. The molecule has 0 aliphatic heterocycles. The second-order valence-corrected chi connectivity index (χ2v) is 5.44. The minimum Gasteiger partial charge on any atom is -0.390 e. The van der Waals surface area contributed by atoms with E-state index in [1.165, 1.54) is 18.2 Å². The smallest absolute Gasteiger partial charge is 0.127 e. The van der Waals surface area contributed by atoms with Gasteiger partial charge in [0.25, 0.3) is 0 Å². The van der Waals surface area contributed by atoms with Crippen molar-refractivity contribution in [1.82, 2.24) is 5.32 Å². The molecule has 0 bridgehead atoms. The van der Waals surface area contributed by atoms with Crippen LogP contribution in [-0.4, -0.2) is 23.8 Å². The van der Waals surface area contributed by atoms with Crippen molar-refractivity contribution < 1.29 is 18.3 Å². The summed E-state index contributed by atoms with van der Waals surface area (Å²) in [4.78, 5) is 0. The molecule has 0 saturated carbocycles. The second-order valence-electron chi connectivity index (χ2n) is 5.44. The lowest BCUT2D eigenvalue weighted by atomic mass is 10.0. The molecule has 2 aromatic rings. The van der Waals surface area contributed by atoms with Crippen LogP contribution in [0.5, 0.6) is 0 Å². The summed E-state index contributed by atoms with van der Waals surface area (Å²) < 4.78 is 39.7. The van der Waals surface area contributed by atoms with E-state index < -0.39 is 23.8 Å². The van der Waals surface area contributed by atoms with Crippen LogP contribution in [-0.2, 0) is 13.0 Å². The molecule has 124 valence electrons. The molecule has 0 unspecified atom stereocenters. The fourth-order valence-corrected chi connectivity index (χ4v) is 2.28. The quantitative estimate of drug-likeness (QED) is 0.731. The first-order valence-electron chi connectivity index (χ1n) is 7.28. The summed E-state index contributed by atoms with van der Waals surface area (Å²) in [6.45, 7) is 0.401. The van der Waals surface area contributed by atoms with Crippen LogP contribution in [0, 0.1) is 17.5 Å². The molecule has 0 saturated heterocycles. The number of halogens is 3. The molecule has 0 spiro atoms. The molecule has 2 aromatic carbocycles. The van der Waals surface area contributed by atoms with Crippen molar-refractivity contribution in [2.75, 3.05) is 6.54 Å². The molecule has 3 nitrogen and oxygen atoms in total. The Balaban J connectivity index is 1.83. The van der Waals surface area contributed by atoms with E-state index in [4.69, 9.17) is 5.73 Å². The molecule has 2 atom stereocenters. The van der Waals surface area contributed by atoms with E-state index >= 15 is 0 Å². The zero-order valence-corrected chi connectivity index (χ0v) is 12.5. The van der Waals surface area contributed by atoms with Crippen molar-refractivity contribution in [3.63, 3.8) is 0 Å². The van der Waals surface area contributed by atoms with Gasteiger partial charge in [0, 0.05) is 30.8 Å². The maximum Gasteiger partial charge on any atom is 0.127 e. The molecule has 0 heterocycles. The van der Waals surface area contributed by atoms with Gasteiger partial charge in [0.05, 0.1) is 6.10 Å². The third kappa shape index (κ3) is 5.35. The average Bonchev–Trinajstić information content (AvgIpc) is 2.48. The normalized spacial score (nSPS) is 13.8. The Morgan fingerprint density at radius 2 is 1.70 bits per heavy atom. The largest absolute Gasteiger partial charge is 0.390 e. The van der Waals surface area contributed by atoms with E-state index in [0.717, 1.165) is 6.07 Å². The lowest BCUT2D eigenvalue weighted by molar-refractivity contribution is 0.141. The van der Waals surface area contributed by atoms with Gasteiger partial charge in [-0.1, -0.05) is 18.2 Å². The first-order chi connectivity index (χ1) is 11.0. The predicted octanol–water partition coefficient (Wildman–Crippen LogP) is 2.12. The Morgan fingerprint density at radius 3 is 2.35 bits per heavy atom. The highest BCUT2D eigenvalue weighted by atomic mass is 19.1. The molecule has 0 radical (unpaired) electrons. The van der Waals surface area contributed by atoms with Gasteiger partial charge in [0.2, 0.25) is 0 Å². The summed E-state index contributed by atoms with van der Waals surface area (Å²) >= 11 is 0. The maximum absolute atomic E-state index is 13.4. The number of hydrogen-bond donors (Lipinski definition) is 3. The first-order valence-corrected chi connectivity index (χ1v) is 7.28. The third-order valence-electron chi connectivity index (χ3n) is 3.51. The van der Waals surface area contributed by atoms with Gasteiger partial charge in [-0.15, -0.1) is 0 Å². The lowest BCUT2D eigenvalue weighted by Gasteiger charge is -2.19. The van der Waals surface area contributed by atoms with Crippen LogP contribution in [0.1, 0.15) is 11.1 Å². The van der Waals surface area contributed by atoms with Gasteiger partial charge >= 0.3 is 0 Å². The molecular weight excluding hydrogens is 305 g/mol. The molecule has 4 N–H and O–H groups in total. The number of hydrogen-bond acceptors (Lipinski definition) is 3. The average molecular weight is 324 g/mol. The molecule has 0 aliphatic rings. The highest BCUT2D eigenvalue weighted by Gasteiger charge is 2.16. The lowest BCUT2D eigenvalue weighted by Crippen LogP contribution is -2.43. The van der Waals surface area contributed by atoms with Crippen LogP contribution in [0.25, 0.3) is 0 Å². The molecule has 0 fully saturated rings. The van der Waals surface area contributed by atoms with E-state index in [-0.39, 0.29) is 25.3 Å². The van der Waals surface area contributed by atoms with Gasteiger partial charge < -0.3 is 16.2 Å². The van der Waals surface area contributed by atoms with Crippen LogP contribution in [0.15, 0.2) is 42.5 Å². The summed E-state index contributed by atoms with van der Waals surface area (Å²) in [6.07, 6.45) is -0.787. The molecule has 6 heteroatoms. The van der Waals surface area contributed by atoms with Crippen LogP contribution < -0.4 is 11.1 Å². The van der Waals surface area contributed by atoms with Gasteiger partial charge in [-0.3, -0.25) is 0 Å². The zero-order chi connectivity index (χ0) is 16.8. The monoisotopic (exact) mass is 324 g/mol. The molecular formula is C17H19F3N2O. The Morgan fingerprint density at radius 1 is 1.04 bits per heavy atom. The van der Waals surface area contributed by atoms with Crippen molar-refractivity contribution in [2.24, 2.45) is 5.73 Å². The van der Waals surface area contributed by atoms with Crippen LogP contribution in [0.3, 0.4) is 0 Å². The number of aliphatic hydroxyl groups excluding tert-OH is 1. The minimum absolute atomic E-state index is 0.136. The van der Waals surface area contributed by atoms with Crippen molar-refractivity contribution in [1.29, 1.82) is 0 Å². The molecule has 23 heavy (non-hydrogen) atoms. The van der Waals surface area contributed by atoms with Crippen LogP contribution in [0.4, 0.5) is 13.2 Å². The molecule has 2 rings (SSSR count). The number of rotatable bonds is 7. The maximum atomic E-state index is 13.4. The Hall–Kier alpha value is -1.89. The van der Waals surface area contributed by atoms with Crippen molar-refractivity contribution in [3.05, 3.63) is 71.0 Å². The number of aliphatic hydroxyl groups is 1. The van der Waals surface area contributed by atoms with Crippen molar-refractivity contribution >= 4 is 0 Å². The van der Waals surface area contributed by atoms with Crippen LogP contribution in [0.2, 0.25) is 0 Å². The molecule has 0 aliphatic carbocycles. The highest BCUT2D eigenvalue weighted by Crippen LogP contribution is 2.11. The van der Waals surface area contributed by atoms with E-state index in [1.807, 2.05) is 0 Å². The van der Waals surface area contributed by atoms with Gasteiger partial charge in [0.15, 0.2) is 0 Å². The van der Waals surface area contributed by atoms with Gasteiger partial charge in [-0.2, -0.15) is 0 Å². The van der Waals surface area contributed by atoms with Crippen molar-refractivity contribution in [2.45, 2.75) is 25.1 Å². The summed E-state index contributed by atoms with van der Waals surface area (Å²) in [5.41, 5.74) is 6.71. The third-order valence-corrected chi connectivity index (χ3v) is 3.51. The van der Waals surface area contributed by atoms with Gasteiger partial charge in [0.1, 0.15) is 17.5 Å². The molecule has 0 aromatic heterocycles. The fourth-order valence-electron chi connectivity index (χ4n) is 2.28. The zero-order valence-electron chi connectivity index (χ0n) is 12.5. The summed E-state index contributed by atoms with van der Waals surface area (Å²) in [7, 11) is 0. The highest BCUT2D eigenvalue weighted by molar-refractivity contribution is 5.19. The molecule has 0 amide bonds. The number of nitrogens with two attached hydrogens (primary N) is 1. The summed E-state index contributed by atoms with van der Waals surface area (Å²) in [6, 6.07) is 8.78. The van der Waals surface area contributed by atoms with Crippen molar-refractivity contribution in [3.8, 4) is 0 Å². The SMILES string of the molecule is N[C@@H](Cc1cc(F)cc(F)c1)[C@H](O)CNCc1ccccc1F. The van der Waals surface area contributed by atoms with E-state index in [9.17, 15) is 18.3 Å². The number of nitrogens with one attached hydrogen (secondary N) is 1. The summed E-state index contributed by atoms with van der Waals surface area (Å²) in [5, 5.41) is 12.9. The van der Waals surface area contributed by atoms with E-state index in [1.54, 1.807) is 18.2 Å². The fraction of sp³-hybridized carbons (Fsp3) is 0.294. The topological polar surface area (TPSA) is 58.3 Å².